The Morgan fingerprint density at radius 2 is 1.95 bits per heavy atom. The molecule has 1 aromatic carbocycles. The number of thioether (sulfide) groups is 1. The van der Waals surface area contributed by atoms with Gasteiger partial charge in [0.25, 0.3) is 0 Å². The Morgan fingerprint density at radius 1 is 1.15 bits per heavy atom. The molecule has 1 aliphatic heterocycles. The first-order valence-corrected chi connectivity index (χ1v) is 9.30. The third-order valence-corrected chi connectivity index (χ3v) is 5.52. The first-order chi connectivity index (χ1) is 9.86. The van der Waals surface area contributed by atoms with Crippen LogP contribution in [0.25, 0.3) is 0 Å². The minimum atomic E-state index is 0.665. The van der Waals surface area contributed by atoms with Crippen LogP contribution in [0.1, 0.15) is 63.9 Å². The van der Waals surface area contributed by atoms with Gasteiger partial charge in [0.15, 0.2) is 0 Å². The number of rotatable bonds is 9. The summed E-state index contributed by atoms with van der Waals surface area (Å²) in [6, 6.07) is 9.65. The zero-order valence-corrected chi connectivity index (χ0v) is 13.8. The summed E-state index contributed by atoms with van der Waals surface area (Å²) in [5.41, 5.74) is 1.58. The van der Waals surface area contributed by atoms with E-state index >= 15 is 0 Å². The molecule has 0 aromatic heterocycles. The van der Waals surface area contributed by atoms with Crippen LogP contribution in [0.2, 0.25) is 0 Å². The zero-order valence-electron chi connectivity index (χ0n) is 13.0. The summed E-state index contributed by atoms with van der Waals surface area (Å²) in [6.45, 7) is 5.61. The van der Waals surface area contributed by atoms with Crippen molar-refractivity contribution in [3.05, 3.63) is 29.8 Å². The number of benzene rings is 1. The van der Waals surface area contributed by atoms with E-state index in [1.54, 1.807) is 5.56 Å². The molecule has 2 atom stereocenters. The fourth-order valence-electron chi connectivity index (χ4n) is 3.20. The summed E-state index contributed by atoms with van der Waals surface area (Å²) in [5, 5.41) is 3.74. The molecule has 0 bridgehead atoms. The summed E-state index contributed by atoms with van der Waals surface area (Å²) < 4.78 is 0. The first-order valence-electron chi connectivity index (χ1n) is 8.32. The standard InChI is InChI=1S/C18H29NS/c1-3-5-6-7-8-12-17(19-4-2)16-14-20-18-13-10-9-11-15(16)18/h9-11,13,16-17,19H,3-8,12,14H2,1-2H3. The van der Waals surface area contributed by atoms with Crippen LogP contribution in [-0.2, 0) is 0 Å². The van der Waals surface area contributed by atoms with Crippen LogP contribution in [0.15, 0.2) is 29.2 Å². The van der Waals surface area contributed by atoms with Crippen LogP contribution >= 0.6 is 11.8 Å². The lowest BCUT2D eigenvalue weighted by Crippen LogP contribution is -2.35. The molecule has 20 heavy (non-hydrogen) atoms. The number of hydrogen-bond acceptors (Lipinski definition) is 2. The number of fused-ring (bicyclic) bond motifs is 1. The van der Waals surface area contributed by atoms with Gasteiger partial charge in [0, 0.05) is 22.6 Å². The van der Waals surface area contributed by atoms with Gasteiger partial charge in [0.2, 0.25) is 0 Å². The Balaban J connectivity index is 1.89. The SMILES string of the molecule is CCCCCCCC(NCC)C1CSc2ccccc21. The molecule has 0 aliphatic carbocycles. The minimum Gasteiger partial charge on any atom is -0.314 e. The van der Waals surface area contributed by atoms with Crippen LogP contribution in [0.5, 0.6) is 0 Å². The van der Waals surface area contributed by atoms with Gasteiger partial charge in [-0.15, -0.1) is 11.8 Å². The predicted molar refractivity (Wildman–Crippen MR) is 90.7 cm³/mol. The summed E-state index contributed by atoms with van der Waals surface area (Å²) in [6.07, 6.45) is 8.25. The van der Waals surface area contributed by atoms with E-state index in [9.17, 15) is 0 Å². The van der Waals surface area contributed by atoms with Crippen LogP contribution in [0, 0.1) is 0 Å². The fourth-order valence-corrected chi connectivity index (χ4v) is 4.53. The molecule has 0 spiro atoms. The summed E-state index contributed by atoms with van der Waals surface area (Å²) in [7, 11) is 0. The number of likely N-dealkylation sites (N-methyl/N-ethyl adjacent to an activating group) is 1. The van der Waals surface area contributed by atoms with Crippen molar-refractivity contribution in [1.29, 1.82) is 0 Å². The maximum Gasteiger partial charge on any atom is 0.0144 e. The summed E-state index contributed by atoms with van der Waals surface area (Å²) in [4.78, 5) is 1.51. The van der Waals surface area contributed by atoms with Gasteiger partial charge >= 0.3 is 0 Å². The van der Waals surface area contributed by atoms with Gasteiger partial charge in [-0.25, -0.2) is 0 Å². The van der Waals surface area contributed by atoms with Crippen molar-refractivity contribution in [2.75, 3.05) is 12.3 Å². The Labute approximate surface area is 128 Å². The molecule has 2 rings (SSSR count). The molecule has 1 nitrogen and oxygen atoms in total. The van der Waals surface area contributed by atoms with Crippen LogP contribution in [0.3, 0.4) is 0 Å². The molecule has 1 heterocycles. The highest BCUT2D eigenvalue weighted by Gasteiger charge is 2.29. The first kappa shape index (κ1) is 15.9. The highest BCUT2D eigenvalue weighted by Crippen LogP contribution is 2.41. The van der Waals surface area contributed by atoms with Gasteiger partial charge in [-0.05, 0) is 24.6 Å². The molecule has 0 amide bonds. The Kier molecular flexibility index (Phi) is 6.95. The van der Waals surface area contributed by atoms with E-state index in [0.29, 0.717) is 12.0 Å². The van der Waals surface area contributed by atoms with Crippen molar-refractivity contribution < 1.29 is 0 Å². The van der Waals surface area contributed by atoms with Gasteiger partial charge in [-0.2, -0.15) is 0 Å². The molecule has 1 aromatic rings. The second kappa shape index (κ2) is 8.74. The van der Waals surface area contributed by atoms with Gasteiger partial charge in [-0.1, -0.05) is 64.2 Å². The lowest BCUT2D eigenvalue weighted by molar-refractivity contribution is 0.418. The molecule has 2 heteroatoms. The molecule has 0 radical (unpaired) electrons. The van der Waals surface area contributed by atoms with Crippen LogP contribution in [-0.4, -0.2) is 18.3 Å². The third kappa shape index (κ3) is 4.26. The maximum atomic E-state index is 3.74. The smallest absolute Gasteiger partial charge is 0.0144 e. The van der Waals surface area contributed by atoms with Gasteiger partial charge in [-0.3, -0.25) is 0 Å². The summed E-state index contributed by atoms with van der Waals surface area (Å²) in [5.74, 6) is 1.97. The van der Waals surface area contributed by atoms with Crippen molar-refractivity contribution in [1.82, 2.24) is 5.32 Å². The van der Waals surface area contributed by atoms with Crippen LogP contribution in [0.4, 0.5) is 0 Å². The molecular weight excluding hydrogens is 262 g/mol. The largest absolute Gasteiger partial charge is 0.314 e. The molecule has 1 N–H and O–H groups in total. The van der Waals surface area contributed by atoms with E-state index in [0.717, 1.165) is 6.54 Å². The molecular formula is C18H29NS. The van der Waals surface area contributed by atoms with E-state index in [-0.39, 0.29) is 0 Å². The topological polar surface area (TPSA) is 12.0 Å². The molecule has 2 unspecified atom stereocenters. The average molecular weight is 292 g/mol. The summed E-state index contributed by atoms with van der Waals surface area (Å²) >= 11 is 2.04. The average Bonchev–Trinajstić information content (AvgIpc) is 2.90. The van der Waals surface area contributed by atoms with Crippen molar-refractivity contribution in [2.24, 2.45) is 0 Å². The molecule has 1 aliphatic rings. The second-order valence-corrected chi connectivity index (χ2v) is 6.88. The minimum absolute atomic E-state index is 0.665. The number of unbranched alkanes of at least 4 members (excludes halogenated alkanes) is 4. The number of hydrogen-bond donors (Lipinski definition) is 1. The number of nitrogens with one attached hydrogen (secondary N) is 1. The van der Waals surface area contributed by atoms with Crippen molar-refractivity contribution >= 4 is 11.8 Å². The Morgan fingerprint density at radius 3 is 2.75 bits per heavy atom. The third-order valence-electron chi connectivity index (χ3n) is 4.31. The predicted octanol–water partition coefficient (Wildman–Crippen LogP) is 5.21. The van der Waals surface area contributed by atoms with Crippen molar-refractivity contribution in [3.63, 3.8) is 0 Å². The monoisotopic (exact) mass is 291 g/mol. The molecule has 0 saturated heterocycles. The highest BCUT2D eigenvalue weighted by atomic mass is 32.2. The molecule has 0 saturated carbocycles. The lowest BCUT2D eigenvalue weighted by Gasteiger charge is -2.25. The van der Waals surface area contributed by atoms with E-state index in [4.69, 9.17) is 0 Å². The quantitative estimate of drug-likeness (QED) is 0.626. The molecule has 112 valence electrons. The normalized spacial score (nSPS) is 19.0. The Hall–Kier alpha value is -0.470. The Bertz CT molecular complexity index is 391. The molecule has 0 fully saturated rings. The lowest BCUT2D eigenvalue weighted by atomic mass is 9.89. The van der Waals surface area contributed by atoms with E-state index in [1.807, 2.05) is 11.8 Å². The van der Waals surface area contributed by atoms with Crippen LogP contribution < -0.4 is 5.32 Å². The van der Waals surface area contributed by atoms with E-state index in [1.165, 1.54) is 49.2 Å². The highest BCUT2D eigenvalue weighted by molar-refractivity contribution is 7.99. The fraction of sp³-hybridized carbons (Fsp3) is 0.667. The van der Waals surface area contributed by atoms with Gasteiger partial charge < -0.3 is 5.32 Å². The second-order valence-electron chi connectivity index (χ2n) is 5.82. The van der Waals surface area contributed by atoms with E-state index < -0.39 is 0 Å². The van der Waals surface area contributed by atoms with Gasteiger partial charge in [0.1, 0.15) is 0 Å². The van der Waals surface area contributed by atoms with Crippen molar-refractivity contribution in [2.45, 2.75) is 69.2 Å². The zero-order chi connectivity index (χ0) is 14.2. The van der Waals surface area contributed by atoms with E-state index in [2.05, 4.69) is 43.4 Å². The van der Waals surface area contributed by atoms with Gasteiger partial charge in [0.05, 0.1) is 0 Å². The van der Waals surface area contributed by atoms with Crippen molar-refractivity contribution in [3.8, 4) is 0 Å². The maximum absolute atomic E-state index is 3.74.